The summed E-state index contributed by atoms with van der Waals surface area (Å²) in [6, 6.07) is 4.99. The van der Waals surface area contributed by atoms with Crippen molar-refractivity contribution in [2.45, 2.75) is 51.5 Å². The molecule has 1 N–H and O–H groups in total. The molecule has 0 bridgehead atoms. The van der Waals surface area contributed by atoms with E-state index in [-0.39, 0.29) is 55.1 Å². The van der Waals surface area contributed by atoms with Gasteiger partial charge in [0, 0.05) is 24.9 Å². The molecule has 0 aliphatic rings. The van der Waals surface area contributed by atoms with Crippen LogP contribution < -0.4 is 5.32 Å². The number of ketones is 1. The predicted octanol–water partition coefficient (Wildman–Crippen LogP) is 2.48. The Morgan fingerprint density at radius 1 is 1.06 bits per heavy atom. The van der Waals surface area contributed by atoms with Gasteiger partial charge < -0.3 is 5.32 Å². The quantitative estimate of drug-likeness (QED) is 0.432. The third kappa shape index (κ3) is 7.62. The van der Waals surface area contributed by atoms with Gasteiger partial charge in [-0.25, -0.2) is 9.07 Å². The lowest BCUT2D eigenvalue weighted by Crippen LogP contribution is -2.18. The van der Waals surface area contributed by atoms with E-state index in [2.05, 4.69) is 30.8 Å². The Labute approximate surface area is 198 Å². The molecule has 13 heteroatoms. The standard InChI is InChI=1S/C22H23F4N7O2/c1-13-7-14(22(24,25)26)8-18(28-13)10-19(34)9-17-6-5-16(29-30-17)4-3-15(23)11-33-12-20(31-32-33)21(35)27-2/h5-8,12,15H,3-4,9-11H2,1-2H3,(H,27,35)/t15-/m1/s1. The van der Waals surface area contributed by atoms with E-state index in [1.54, 1.807) is 12.1 Å². The summed E-state index contributed by atoms with van der Waals surface area (Å²) in [5.74, 6) is -0.771. The first-order chi connectivity index (χ1) is 16.5. The maximum absolute atomic E-state index is 14.3. The molecule has 0 fully saturated rings. The molecule has 35 heavy (non-hydrogen) atoms. The van der Waals surface area contributed by atoms with E-state index in [4.69, 9.17) is 0 Å². The molecule has 1 amide bonds. The summed E-state index contributed by atoms with van der Waals surface area (Å²) in [5, 5.41) is 17.7. The normalized spacial score (nSPS) is 12.4. The highest BCUT2D eigenvalue weighted by Gasteiger charge is 2.31. The Kier molecular flexibility index (Phi) is 8.20. The molecule has 186 valence electrons. The third-order valence-corrected chi connectivity index (χ3v) is 4.96. The van der Waals surface area contributed by atoms with Crippen molar-refractivity contribution in [1.82, 2.24) is 35.5 Å². The van der Waals surface area contributed by atoms with Crippen LogP contribution in [0.3, 0.4) is 0 Å². The lowest BCUT2D eigenvalue weighted by molar-refractivity contribution is -0.137. The fourth-order valence-electron chi connectivity index (χ4n) is 3.29. The van der Waals surface area contributed by atoms with Gasteiger partial charge >= 0.3 is 6.18 Å². The molecule has 9 nitrogen and oxygen atoms in total. The van der Waals surface area contributed by atoms with Gasteiger partial charge in [-0.3, -0.25) is 14.6 Å². The van der Waals surface area contributed by atoms with E-state index in [1.807, 2.05) is 0 Å². The van der Waals surface area contributed by atoms with Gasteiger partial charge in [0.05, 0.1) is 36.1 Å². The average molecular weight is 493 g/mol. The first-order valence-electron chi connectivity index (χ1n) is 10.7. The van der Waals surface area contributed by atoms with Crippen molar-refractivity contribution in [3.63, 3.8) is 0 Å². The number of aromatic nitrogens is 6. The maximum Gasteiger partial charge on any atom is 0.416 e. The summed E-state index contributed by atoms with van der Waals surface area (Å²) < 4.78 is 54.4. The minimum atomic E-state index is -4.52. The van der Waals surface area contributed by atoms with Gasteiger partial charge in [-0.05, 0) is 44.0 Å². The van der Waals surface area contributed by atoms with E-state index in [0.717, 1.165) is 12.1 Å². The van der Waals surface area contributed by atoms with Crippen LogP contribution in [0.5, 0.6) is 0 Å². The highest BCUT2D eigenvalue weighted by Crippen LogP contribution is 2.30. The van der Waals surface area contributed by atoms with Crippen LogP contribution in [0.15, 0.2) is 30.5 Å². The molecule has 1 atom stereocenters. The Morgan fingerprint density at radius 2 is 1.74 bits per heavy atom. The summed E-state index contributed by atoms with van der Waals surface area (Å²) in [5.41, 5.74) is 0.324. The van der Waals surface area contributed by atoms with Crippen molar-refractivity contribution in [2.75, 3.05) is 7.05 Å². The van der Waals surface area contributed by atoms with Crippen LogP contribution in [0.25, 0.3) is 0 Å². The zero-order valence-electron chi connectivity index (χ0n) is 19.0. The highest BCUT2D eigenvalue weighted by atomic mass is 19.4. The highest BCUT2D eigenvalue weighted by molar-refractivity contribution is 5.91. The maximum atomic E-state index is 14.3. The molecule has 3 rings (SSSR count). The fourth-order valence-corrected chi connectivity index (χ4v) is 3.29. The van der Waals surface area contributed by atoms with Crippen LogP contribution in [-0.4, -0.2) is 55.1 Å². The smallest absolute Gasteiger partial charge is 0.354 e. The molecule has 0 radical (unpaired) electrons. The number of halogens is 4. The number of hydrogen-bond donors (Lipinski definition) is 1. The van der Waals surface area contributed by atoms with Crippen molar-refractivity contribution in [1.29, 1.82) is 0 Å². The molecule has 0 saturated heterocycles. The van der Waals surface area contributed by atoms with E-state index >= 15 is 0 Å². The van der Waals surface area contributed by atoms with Crippen LogP contribution in [0.2, 0.25) is 0 Å². The van der Waals surface area contributed by atoms with Gasteiger partial charge in [-0.15, -0.1) is 5.10 Å². The van der Waals surface area contributed by atoms with Crippen LogP contribution in [0.4, 0.5) is 17.6 Å². The lowest BCUT2D eigenvalue weighted by Gasteiger charge is -2.10. The van der Waals surface area contributed by atoms with E-state index in [9.17, 15) is 27.2 Å². The van der Waals surface area contributed by atoms with E-state index < -0.39 is 23.8 Å². The zero-order valence-corrected chi connectivity index (χ0v) is 19.0. The molecule has 0 aromatic carbocycles. The van der Waals surface area contributed by atoms with Gasteiger partial charge in [0.15, 0.2) is 5.69 Å². The number of alkyl halides is 4. The largest absolute Gasteiger partial charge is 0.416 e. The molecule has 3 heterocycles. The molecule has 0 saturated carbocycles. The van der Waals surface area contributed by atoms with Gasteiger partial charge in [0.1, 0.15) is 12.0 Å². The number of nitrogens with zero attached hydrogens (tertiary/aromatic N) is 6. The SMILES string of the molecule is CNC(=O)c1cn(C[C@H](F)CCc2ccc(CC(=O)Cc3cc(C(F)(F)F)cc(C)n3)nn2)nn1. The van der Waals surface area contributed by atoms with E-state index in [0.29, 0.717) is 11.4 Å². The van der Waals surface area contributed by atoms with Crippen LogP contribution >= 0.6 is 0 Å². The van der Waals surface area contributed by atoms with Crippen molar-refractivity contribution in [2.24, 2.45) is 0 Å². The predicted molar refractivity (Wildman–Crippen MR) is 115 cm³/mol. The van der Waals surface area contributed by atoms with Crippen LogP contribution in [0.1, 0.15) is 45.2 Å². The number of nitrogens with one attached hydrogen (secondary N) is 1. The zero-order chi connectivity index (χ0) is 25.6. The second-order valence-electron chi connectivity index (χ2n) is 7.94. The monoisotopic (exact) mass is 493 g/mol. The van der Waals surface area contributed by atoms with Crippen molar-refractivity contribution < 1.29 is 27.2 Å². The summed E-state index contributed by atoms with van der Waals surface area (Å²) in [4.78, 5) is 27.8. The molecular formula is C22H23F4N7O2. The van der Waals surface area contributed by atoms with Gasteiger partial charge in [-0.1, -0.05) is 5.21 Å². The third-order valence-electron chi connectivity index (χ3n) is 4.96. The number of pyridine rings is 1. The first-order valence-corrected chi connectivity index (χ1v) is 10.7. The second-order valence-corrected chi connectivity index (χ2v) is 7.94. The summed E-state index contributed by atoms with van der Waals surface area (Å²) in [7, 11) is 1.45. The second kappa shape index (κ2) is 11.1. The van der Waals surface area contributed by atoms with Gasteiger partial charge in [0.2, 0.25) is 0 Å². The number of Topliss-reactive ketones (excluding diaryl/α,β-unsaturated/α-hetero) is 1. The topological polar surface area (TPSA) is 116 Å². The Bertz CT molecular complexity index is 1180. The number of amides is 1. The van der Waals surface area contributed by atoms with Crippen molar-refractivity contribution in [3.05, 3.63) is 64.5 Å². The summed E-state index contributed by atoms with van der Waals surface area (Å²) in [6.45, 7) is 1.36. The van der Waals surface area contributed by atoms with Crippen molar-refractivity contribution >= 4 is 11.7 Å². The fraction of sp³-hybridized carbons (Fsp3) is 0.409. The lowest BCUT2D eigenvalue weighted by atomic mass is 10.1. The van der Waals surface area contributed by atoms with Gasteiger partial charge in [0.25, 0.3) is 5.91 Å². The van der Waals surface area contributed by atoms with E-state index in [1.165, 1.54) is 24.9 Å². The van der Waals surface area contributed by atoms with Crippen molar-refractivity contribution in [3.8, 4) is 0 Å². The average Bonchev–Trinajstić information content (AvgIpc) is 3.25. The minimum absolute atomic E-state index is 0.0377. The molecular weight excluding hydrogens is 470 g/mol. The minimum Gasteiger partial charge on any atom is -0.354 e. The molecule has 0 aliphatic heterocycles. The number of rotatable bonds is 10. The Balaban J connectivity index is 1.49. The number of carbonyl (C=O) groups is 2. The van der Waals surface area contributed by atoms with Crippen LogP contribution in [-0.2, 0) is 36.8 Å². The molecule has 3 aromatic heterocycles. The summed E-state index contributed by atoms with van der Waals surface area (Å²) in [6.07, 6.45) is -4.39. The number of carbonyl (C=O) groups excluding carboxylic acids is 2. The molecule has 0 unspecified atom stereocenters. The number of aryl methyl sites for hydroxylation is 2. The Morgan fingerprint density at radius 3 is 2.40 bits per heavy atom. The molecule has 3 aromatic rings. The first kappa shape index (κ1) is 25.8. The summed E-state index contributed by atoms with van der Waals surface area (Å²) >= 11 is 0. The number of hydrogen-bond acceptors (Lipinski definition) is 7. The molecule has 0 aliphatic carbocycles. The van der Waals surface area contributed by atoms with Gasteiger partial charge in [-0.2, -0.15) is 23.4 Å². The molecule has 0 spiro atoms. The Hall–Kier alpha value is -3.77. The van der Waals surface area contributed by atoms with Crippen LogP contribution in [0, 0.1) is 6.92 Å².